The fourth-order valence-corrected chi connectivity index (χ4v) is 2.86. The van der Waals surface area contributed by atoms with Gasteiger partial charge in [0.1, 0.15) is 0 Å². The van der Waals surface area contributed by atoms with Crippen LogP contribution in [-0.4, -0.2) is 16.6 Å². The van der Waals surface area contributed by atoms with Crippen molar-refractivity contribution < 1.29 is 9.59 Å². The Hall–Kier alpha value is -2.68. The number of aryl methyl sites for hydroxylation is 1. The summed E-state index contributed by atoms with van der Waals surface area (Å²) in [4.78, 5) is 28.3. The predicted octanol–water partition coefficient (Wildman–Crippen LogP) is 3.25. The zero-order chi connectivity index (χ0) is 13.9. The highest BCUT2D eigenvalue weighted by molar-refractivity contribution is 6.32. The van der Waals surface area contributed by atoms with E-state index in [1.54, 1.807) is 12.1 Å². The second-order valence-electron chi connectivity index (χ2n) is 5.13. The Morgan fingerprint density at radius 1 is 0.900 bits per heavy atom. The topological polar surface area (TPSA) is 49.9 Å². The van der Waals surface area contributed by atoms with E-state index in [1.165, 1.54) is 0 Å². The molecular formula is C17H11NO2. The van der Waals surface area contributed by atoms with E-state index in [0.717, 1.165) is 16.5 Å². The number of ketones is 2. The summed E-state index contributed by atoms with van der Waals surface area (Å²) in [6.07, 6.45) is 0. The highest BCUT2D eigenvalue weighted by atomic mass is 16.1. The number of hydrogen-bond acceptors (Lipinski definition) is 2. The number of H-pyrrole nitrogens is 1. The molecule has 3 nitrogen and oxygen atoms in total. The number of aromatic nitrogens is 1. The third-order valence-electron chi connectivity index (χ3n) is 3.82. The van der Waals surface area contributed by atoms with Crippen LogP contribution in [0.15, 0.2) is 42.5 Å². The van der Waals surface area contributed by atoms with E-state index in [9.17, 15) is 9.59 Å². The van der Waals surface area contributed by atoms with Gasteiger partial charge in [0.05, 0.1) is 11.3 Å². The zero-order valence-electron chi connectivity index (χ0n) is 10.9. The van der Waals surface area contributed by atoms with Gasteiger partial charge in [-0.2, -0.15) is 0 Å². The molecule has 1 aliphatic rings. The van der Waals surface area contributed by atoms with Gasteiger partial charge in [0.15, 0.2) is 5.78 Å². The van der Waals surface area contributed by atoms with Crippen molar-refractivity contribution in [2.45, 2.75) is 6.92 Å². The van der Waals surface area contributed by atoms with Crippen LogP contribution in [0.2, 0.25) is 0 Å². The van der Waals surface area contributed by atoms with Gasteiger partial charge in [-0.3, -0.25) is 9.59 Å². The number of carbonyl (C=O) groups excluding carboxylic acids is 2. The third kappa shape index (κ3) is 1.29. The summed E-state index contributed by atoms with van der Waals surface area (Å²) in [5.74, 6) is -0.179. The van der Waals surface area contributed by atoms with Crippen LogP contribution in [0.4, 0.5) is 0 Å². The normalized spacial score (nSPS) is 13.4. The van der Waals surface area contributed by atoms with Crippen LogP contribution < -0.4 is 0 Å². The van der Waals surface area contributed by atoms with Crippen molar-refractivity contribution in [3.05, 3.63) is 70.4 Å². The molecule has 0 atom stereocenters. The van der Waals surface area contributed by atoms with Gasteiger partial charge in [-0.1, -0.05) is 29.8 Å². The van der Waals surface area contributed by atoms with Gasteiger partial charge in [-0.05, 0) is 25.1 Å². The molecule has 1 aromatic heterocycles. The lowest BCUT2D eigenvalue weighted by Gasteiger charge is -2.14. The maximum absolute atomic E-state index is 12.7. The number of hydrogen-bond donors (Lipinski definition) is 1. The number of para-hydroxylation sites is 1. The summed E-state index contributed by atoms with van der Waals surface area (Å²) in [5, 5.41) is 0.813. The Bertz CT molecular complexity index is 902. The van der Waals surface area contributed by atoms with Crippen molar-refractivity contribution in [2.24, 2.45) is 0 Å². The second kappa shape index (κ2) is 3.67. The molecule has 3 aromatic rings. The highest BCUT2D eigenvalue weighted by Crippen LogP contribution is 2.32. The van der Waals surface area contributed by atoms with Gasteiger partial charge in [-0.25, -0.2) is 0 Å². The average molecular weight is 261 g/mol. The molecule has 0 amide bonds. The molecule has 0 saturated heterocycles. The van der Waals surface area contributed by atoms with Crippen molar-refractivity contribution in [1.29, 1.82) is 0 Å². The monoisotopic (exact) mass is 261 g/mol. The van der Waals surface area contributed by atoms with Crippen LogP contribution in [0.25, 0.3) is 10.9 Å². The molecule has 1 heterocycles. The van der Waals surface area contributed by atoms with Crippen LogP contribution >= 0.6 is 0 Å². The van der Waals surface area contributed by atoms with Gasteiger partial charge < -0.3 is 4.98 Å². The summed E-state index contributed by atoms with van der Waals surface area (Å²) >= 11 is 0. The van der Waals surface area contributed by atoms with Crippen molar-refractivity contribution in [3.8, 4) is 0 Å². The van der Waals surface area contributed by atoms with Crippen molar-refractivity contribution >= 4 is 22.5 Å². The minimum Gasteiger partial charge on any atom is -0.351 e. The lowest BCUT2D eigenvalue weighted by Crippen LogP contribution is -2.20. The second-order valence-corrected chi connectivity index (χ2v) is 5.13. The molecule has 2 aromatic carbocycles. The SMILES string of the molecule is Cc1ccc2c(c1)C(=O)c1c([nH]c3ccccc13)C2=O. The Kier molecular flexibility index (Phi) is 2.05. The molecule has 0 fully saturated rings. The molecule has 0 aliphatic heterocycles. The zero-order valence-corrected chi connectivity index (χ0v) is 10.9. The van der Waals surface area contributed by atoms with E-state index in [1.807, 2.05) is 37.3 Å². The summed E-state index contributed by atoms with van der Waals surface area (Å²) in [6.45, 7) is 1.92. The van der Waals surface area contributed by atoms with Crippen molar-refractivity contribution in [3.63, 3.8) is 0 Å². The Balaban J connectivity index is 2.11. The largest absolute Gasteiger partial charge is 0.351 e. The van der Waals surface area contributed by atoms with E-state index < -0.39 is 0 Å². The van der Waals surface area contributed by atoms with E-state index in [-0.39, 0.29) is 11.6 Å². The van der Waals surface area contributed by atoms with Gasteiger partial charge in [0.2, 0.25) is 5.78 Å². The highest BCUT2D eigenvalue weighted by Gasteiger charge is 2.32. The minimum absolute atomic E-state index is 0.0734. The molecule has 0 saturated carbocycles. The van der Waals surface area contributed by atoms with E-state index in [0.29, 0.717) is 22.4 Å². The van der Waals surface area contributed by atoms with E-state index in [2.05, 4.69) is 4.98 Å². The standard InChI is InChI=1S/C17H11NO2/c1-9-6-7-10-12(8-9)16(19)14-11-4-2-3-5-13(11)18-15(14)17(10)20/h2-8,18H,1H3. The molecule has 0 spiro atoms. The predicted molar refractivity (Wildman–Crippen MR) is 76.3 cm³/mol. The summed E-state index contributed by atoms with van der Waals surface area (Å²) in [7, 11) is 0. The summed E-state index contributed by atoms with van der Waals surface area (Å²) < 4.78 is 0. The minimum atomic E-state index is -0.106. The lowest BCUT2D eigenvalue weighted by atomic mass is 9.86. The molecule has 0 radical (unpaired) electrons. The van der Waals surface area contributed by atoms with Gasteiger partial charge >= 0.3 is 0 Å². The smallest absolute Gasteiger partial charge is 0.210 e. The number of rotatable bonds is 0. The quantitative estimate of drug-likeness (QED) is 0.528. The first-order valence-corrected chi connectivity index (χ1v) is 6.47. The maximum atomic E-state index is 12.7. The average Bonchev–Trinajstić information content (AvgIpc) is 2.84. The third-order valence-corrected chi connectivity index (χ3v) is 3.82. The molecule has 1 aliphatic carbocycles. The number of benzene rings is 2. The van der Waals surface area contributed by atoms with Gasteiger partial charge in [0, 0.05) is 22.0 Å². The van der Waals surface area contributed by atoms with Crippen molar-refractivity contribution in [1.82, 2.24) is 4.98 Å². The first-order chi connectivity index (χ1) is 9.66. The van der Waals surface area contributed by atoms with Crippen LogP contribution in [0.3, 0.4) is 0 Å². The van der Waals surface area contributed by atoms with Gasteiger partial charge in [-0.15, -0.1) is 0 Å². The lowest BCUT2D eigenvalue weighted by molar-refractivity contribution is 0.0978. The fraction of sp³-hybridized carbons (Fsp3) is 0.0588. The van der Waals surface area contributed by atoms with Crippen LogP contribution in [0, 0.1) is 6.92 Å². The maximum Gasteiger partial charge on any atom is 0.210 e. The number of fused-ring (bicyclic) bond motifs is 4. The van der Waals surface area contributed by atoms with Crippen LogP contribution in [0.5, 0.6) is 0 Å². The Morgan fingerprint density at radius 2 is 1.70 bits per heavy atom. The summed E-state index contributed by atoms with van der Waals surface area (Å²) in [6, 6.07) is 12.9. The van der Waals surface area contributed by atoms with Crippen molar-refractivity contribution in [2.75, 3.05) is 0 Å². The Morgan fingerprint density at radius 3 is 2.55 bits per heavy atom. The molecule has 96 valence electrons. The number of aromatic amines is 1. The molecule has 0 bridgehead atoms. The molecule has 3 heteroatoms. The molecule has 1 N–H and O–H groups in total. The first-order valence-electron chi connectivity index (χ1n) is 6.47. The molecule has 4 rings (SSSR count). The number of carbonyl (C=O) groups is 2. The Labute approximate surface area is 115 Å². The fourth-order valence-electron chi connectivity index (χ4n) is 2.86. The van der Waals surface area contributed by atoms with Crippen LogP contribution in [0.1, 0.15) is 37.5 Å². The van der Waals surface area contributed by atoms with Gasteiger partial charge in [0.25, 0.3) is 0 Å². The van der Waals surface area contributed by atoms with E-state index >= 15 is 0 Å². The van der Waals surface area contributed by atoms with E-state index in [4.69, 9.17) is 0 Å². The molecule has 0 unspecified atom stereocenters. The molecule has 20 heavy (non-hydrogen) atoms. The number of nitrogens with one attached hydrogen (secondary N) is 1. The van der Waals surface area contributed by atoms with Crippen LogP contribution in [-0.2, 0) is 0 Å². The summed E-state index contributed by atoms with van der Waals surface area (Å²) in [5.41, 5.74) is 3.71. The molecular weight excluding hydrogens is 250 g/mol. The first kappa shape index (κ1) is 11.2.